The van der Waals surface area contributed by atoms with Gasteiger partial charge in [0.05, 0.1) is 6.04 Å². The van der Waals surface area contributed by atoms with E-state index in [1.165, 1.54) is 16.5 Å². The minimum absolute atomic E-state index is 0.0559. The summed E-state index contributed by atoms with van der Waals surface area (Å²) in [5.41, 5.74) is 2.42. The Kier molecular flexibility index (Phi) is 4.32. The molecule has 0 radical (unpaired) electrons. The summed E-state index contributed by atoms with van der Waals surface area (Å²) >= 11 is 0. The highest BCUT2D eigenvalue weighted by Gasteiger charge is 2.29. The van der Waals surface area contributed by atoms with E-state index in [0.717, 1.165) is 32.6 Å². The van der Waals surface area contributed by atoms with Crippen molar-refractivity contribution in [2.45, 2.75) is 32.4 Å². The number of aromatic amines is 1. The van der Waals surface area contributed by atoms with E-state index in [1.807, 2.05) is 13.1 Å². The molecule has 2 N–H and O–H groups in total. The largest absolute Gasteiger partial charge is 0.381 e. The molecule has 126 valence electrons. The molecule has 0 saturated carbocycles. The average Bonchev–Trinajstić information content (AvgIpc) is 3.25. The van der Waals surface area contributed by atoms with Crippen molar-refractivity contribution in [1.29, 1.82) is 0 Å². The lowest BCUT2D eigenvalue weighted by Gasteiger charge is -2.28. The number of rotatable bonds is 5. The molecule has 1 aliphatic heterocycles. The molecule has 1 fully saturated rings. The van der Waals surface area contributed by atoms with E-state index >= 15 is 0 Å². The fourth-order valence-electron chi connectivity index (χ4n) is 3.46. The van der Waals surface area contributed by atoms with Crippen molar-refractivity contribution in [2.75, 3.05) is 13.2 Å². The van der Waals surface area contributed by atoms with Gasteiger partial charge in [-0.2, -0.15) is 4.98 Å². The van der Waals surface area contributed by atoms with Crippen LogP contribution >= 0.6 is 0 Å². The van der Waals surface area contributed by atoms with Gasteiger partial charge in [-0.05, 0) is 42.7 Å². The molecule has 0 bridgehead atoms. The topological polar surface area (TPSA) is 76.0 Å². The Hall–Kier alpha value is -2.18. The molecule has 6 heteroatoms. The first-order chi connectivity index (χ1) is 11.8. The summed E-state index contributed by atoms with van der Waals surface area (Å²) < 4.78 is 11.0. The van der Waals surface area contributed by atoms with Crippen LogP contribution in [-0.2, 0) is 11.3 Å². The van der Waals surface area contributed by atoms with Crippen LogP contribution in [0.4, 0.5) is 0 Å². The Bertz CT molecular complexity index is 804. The van der Waals surface area contributed by atoms with Crippen LogP contribution in [0.2, 0.25) is 0 Å². The summed E-state index contributed by atoms with van der Waals surface area (Å²) in [6.45, 7) is 4.19. The maximum atomic E-state index is 5.50. The van der Waals surface area contributed by atoms with Gasteiger partial charge >= 0.3 is 0 Å². The molecule has 6 nitrogen and oxygen atoms in total. The van der Waals surface area contributed by atoms with Gasteiger partial charge in [0.2, 0.25) is 5.89 Å². The SMILES string of the molecule is Cc1noc([C@@H](NCc2cccc3cc[nH]c23)C2CCOCC2)n1. The average molecular weight is 326 g/mol. The molecular weight excluding hydrogens is 304 g/mol. The van der Waals surface area contributed by atoms with Crippen molar-refractivity contribution in [3.8, 4) is 0 Å². The minimum Gasteiger partial charge on any atom is -0.381 e. The number of hydrogen-bond donors (Lipinski definition) is 2. The summed E-state index contributed by atoms with van der Waals surface area (Å²) in [4.78, 5) is 7.79. The van der Waals surface area contributed by atoms with Crippen molar-refractivity contribution < 1.29 is 9.26 Å². The molecule has 3 aromatic rings. The fourth-order valence-corrected chi connectivity index (χ4v) is 3.46. The van der Waals surface area contributed by atoms with Gasteiger partial charge in [0.1, 0.15) is 0 Å². The smallest absolute Gasteiger partial charge is 0.244 e. The lowest BCUT2D eigenvalue weighted by molar-refractivity contribution is 0.0485. The van der Waals surface area contributed by atoms with Crippen molar-refractivity contribution in [1.82, 2.24) is 20.4 Å². The molecule has 0 spiro atoms. The highest BCUT2D eigenvalue weighted by Crippen LogP contribution is 2.30. The second-order valence-corrected chi connectivity index (χ2v) is 6.35. The van der Waals surface area contributed by atoms with Gasteiger partial charge < -0.3 is 19.6 Å². The molecule has 1 atom stereocenters. The Morgan fingerprint density at radius 3 is 2.96 bits per heavy atom. The first-order valence-corrected chi connectivity index (χ1v) is 8.47. The van der Waals surface area contributed by atoms with Gasteiger partial charge in [0.25, 0.3) is 0 Å². The molecule has 0 unspecified atom stereocenters. The van der Waals surface area contributed by atoms with Gasteiger partial charge in [-0.3, -0.25) is 0 Å². The monoisotopic (exact) mass is 326 g/mol. The summed E-state index contributed by atoms with van der Waals surface area (Å²) in [5, 5.41) is 8.84. The van der Waals surface area contributed by atoms with Crippen LogP contribution in [0.3, 0.4) is 0 Å². The van der Waals surface area contributed by atoms with Gasteiger partial charge in [0, 0.05) is 31.5 Å². The van der Waals surface area contributed by atoms with Crippen molar-refractivity contribution >= 4 is 10.9 Å². The Labute approximate surface area is 140 Å². The van der Waals surface area contributed by atoms with E-state index in [1.54, 1.807) is 0 Å². The highest BCUT2D eigenvalue weighted by atomic mass is 16.5. The third kappa shape index (κ3) is 3.07. The molecule has 1 aliphatic rings. The van der Waals surface area contributed by atoms with Gasteiger partial charge in [-0.25, -0.2) is 0 Å². The maximum absolute atomic E-state index is 5.50. The quantitative estimate of drug-likeness (QED) is 0.753. The number of nitrogens with zero attached hydrogens (tertiary/aromatic N) is 2. The van der Waals surface area contributed by atoms with Crippen LogP contribution in [0.5, 0.6) is 0 Å². The minimum atomic E-state index is 0.0559. The number of aryl methyl sites for hydroxylation is 1. The van der Waals surface area contributed by atoms with Crippen LogP contribution in [0.25, 0.3) is 10.9 Å². The lowest BCUT2D eigenvalue weighted by atomic mass is 9.91. The summed E-state index contributed by atoms with van der Waals surface area (Å²) in [7, 11) is 0. The first-order valence-electron chi connectivity index (χ1n) is 8.47. The summed E-state index contributed by atoms with van der Waals surface area (Å²) in [6.07, 6.45) is 3.99. The van der Waals surface area contributed by atoms with E-state index in [4.69, 9.17) is 9.26 Å². The number of fused-ring (bicyclic) bond motifs is 1. The Morgan fingerprint density at radius 2 is 2.17 bits per heavy atom. The van der Waals surface area contributed by atoms with E-state index in [9.17, 15) is 0 Å². The molecule has 1 aromatic carbocycles. The molecule has 3 heterocycles. The van der Waals surface area contributed by atoms with E-state index in [0.29, 0.717) is 17.6 Å². The number of H-pyrrole nitrogens is 1. The van der Waals surface area contributed by atoms with Crippen LogP contribution < -0.4 is 5.32 Å². The lowest BCUT2D eigenvalue weighted by Crippen LogP contribution is -2.32. The van der Waals surface area contributed by atoms with Crippen molar-refractivity contribution in [3.05, 3.63) is 47.7 Å². The zero-order valence-corrected chi connectivity index (χ0v) is 13.8. The zero-order chi connectivity index (χ0) is 16.4. The van der Waals surface area contributed by atoms with Gasteiger partial charge in [-0.1, -0.05) is 23.4 Å². The molecule has 0 amide bonds. The standard InChI is InChI=1S/C18H22N4O2/c1-12-21-18(24-22-12)17(14-6-9-23-10-7-14)20-11-15-4-2-3-13-5-8-19-16(13)15/h2-5,8,14,17,19-20H,6-7,9-11H2,1H3/t17-/m0/s1. The molecule has 4 rings (SSSR count). The van der Waals surface area contributed by atoms with Crippen LogP contribution in [0.15, 0.2) is 35.0 Å². The zero-order valence-electron chi connectivity index (χ0n) is 13.8. The Balaban J connectivity index is 1.56. The number of ether oxygens (including phenoxy) is 1. The maximum Gasteiger partial charge on any atom is 0.244 e. The third-order valence-electron chi connectivity index (χ3n) is 4.73. The van der Waals surface area contributed by atoms with Crippen molar-refractivity contribution in [2.24, 2.45) is 5.92 Å². The predicted octanol–water partition coefficient (Wildman–Crippen LogP) is 3.12. The summed E-state index contributed by atoms with van der Waals surface area (Å²) in [6, 6.07) is 8.50. The number of benzene rings is 1. The van der Waals surface area contributed by atoms with E-state index in [2.05, 4.69) is 44.7 Å². The molecule has 24 heavy (non-hydrogen) atoms. The summed E-state index contributed by atoms with van der Waals surface area (Å²) in [5.74, 6) is 1.80. The number of para-hydroxylation sites is 1. The number of hydrogen-bond acceptors (Lipinski definition) is 5. The van der Waals surface area contributed by atoms with Crippen molar-refractivity contribution in [3.63, 3.8) is 0 Å². The predicted molar refractivity (Wildman–Crippen MR) is 90.5 cm³/mol. The highest BCUT2D eigenvalue weighted by molar-refractivity contribution is 5.82. The second kappa shape index (κ2) is 6.75. The van der Waals surface area contributed by atoms with Gasteiger partial charge in [0.15, 0.2) is 5.82 Å². The first kappa shape index (κ1) is 15.4. The number of nitrogens with one attached hydrogen (secondary N) is 2. The van der Waals surface area contributed by atoms with E-state index in [-0.39, 0.29) is 6.04 Å². The normalized spacial score (nSPS) is 17.4. The molecule has 2 aromatic heterocycles. The second-order valence-electron chi connectivity index (χ2n) is 6.35. The molecule has 0 aliphatic carbocycles. The fraction of sp³-hybridized carbons (Fsp3) is 0.444. The van der Waals surface area contributed by atoms with Crippen LogP contribution in [0, 0.1) is 12.8 Å². The number of aromatic nitrogens is 3. The van der Waals surface area contributed by atoms with Crippen LogP contribution in [-0.4, -0.2) is 28.3 Å². The molecular formula is C18H22N4O2. The third-order valence-corrected chi connectivity index (χ3v) is 4.73. The van der Waals surface area contributed by atoms with Gasteiger partial charge in [-0.15, -0.1) is 0 Å². The van der Waals surface area contributed by atoms with Crippen LogP contribution in [0.1, 0.15) is 36.2 Å². The molecule has 1 saturated heterocycles. The Morgan fingerprint density at radius 1 is 1.29 bits per heavy atom. The van der Waals surface area contributed by atoms with E-state index < -0.39 is 0 Å².